The maximum absolute atomic E-state index is 12.8. The van der Waals surface area contributed by atoms with Gasteiger partial charge >= 0.3 is 0 Å². The molecule has 1 heterocycles. The molecule has 0 amide bonds. The number of benzene rings is 2. The molecule has 3 aromatic rings. The minimum absolute atomic E-state index is 0.117. The minimum Gasteiger partial charge on any atom is -0.457 e. The molecule has 106 valence electrons. The summed E-state index contributed by atoms with van der Waals surface area (Å²) >= 11 is 0. The van der Waals surface area contributed by atoms with Crippen LogP contribution < -0.4 is 15.9 Å². The van der Waals surface area contributed by atoms with E-state index in [2.05, 4.69) is 4.98 Å². The van der Waals surface area contributed by atoms with Crippen LogP contribution in [0.2, 0.25) is 0 Å². The van der Waals surface area contributed by atoms with Crippen LogP contribution in [-0.4, -0.2) is 4.98 Å². The molecular weight excluding hydrogens is 271 g/mol. The summed E-state index contributed by atoms with van der Waals surface area (Å²) in [6.45, 7) is 0.277. The Balaban J connectivity index is 1.99. The second-order valence-electron chi connectivity index (χ2n) is 4.63. The molecule has 0 saturated heterocycles. The summed E-state index contributed by atoms with van der Waals surface area (Å²) in [5.74, 6) is 0.692. The van der Waals surface area contributed by atoms with Gasteiger partial charge in [0.05, 0.1) is 0 Å². The highest BCUT2D eigenvalue weighted by Gasteiger charge is 2.04. The number of pyridine rings is 1. The number of hydrogen-bond donors (Lipinski definition) is 2. The van der Waals surface area contributed by atoms with Crippen molar-refractivity contribution in [1.29, 1.82) is 0 Å². The fraction of sp³-hybridized carbons (Fsp3) is 0.0625. The number of nitrogens with two attached hydrogens (primary N) is 1. The van der Waals surface area contributed by atoms with Crippen molar-refractivity contribution >= 4 is 10.9 Å². The topological polar surface area (TPSA) is 68.1 Å². The number of rotatable bonds is 3. The van der Waals surface area contributed by atoms with Crippen LogP contribution in [0.4, 0.5) is 4.39 Å². The molecule has 3 rings (SSSR count). The summed E-state index contributed by atoms with van der Waals surface area (Å²) in [6.07, 6.45) is 0. The fourth-order valence-corrected chi connectivity index (χ4v) is 2.09. The number of nitrogens with one attached hydrogen (secondary N) is 1. The van der Waals surface area contributed by atoms with E-state index >= 15 is 0 Å². The van der Waals surface area contributed by atoms with Crippen LogP contribution >= 0.6 is 0 Å². The lowest BCUT2D eigenvalue weighted by atomic mass is 10.2. The SMILES string of the molecule is NCc1cc(=O)c2cc(Oc3ccc(F)cc3)ccc2[nH]1. The standard InChI is InChI=1S/C16H13FN2O2/c17-10-1-3-12(4-2-10)21-13-5-6-15-14(8-13)16(20)7-11(9-18)19-15/h1-8H,9,18H2,(H,19,20). The average molecular weight is 284 g/mol. The lowest BCUT2D eigenvalue weighted by Gasteiger charge is -2.07. The van der Waals surface area contributed by atoms with Gasteiger partial charge in [-0.2, -0.15) is 0 Å². The van der Waals surface area contributed by atoms with Gasteiger partial charge in [0.15, 0.2) is 5.43 Å². The summed E-state index contributed by atoms with van der Waals surface area (Å²) in [5.41, 5.74) is 6.80. The molecule has 0 aliphatic carbocycles. The van der Waals surface area contributed by atoms with Gasteiger partial charge in [-0.1, -0.05) is 0 Å². The predicted octanol–water partition coefficient (Wildman–Crippen LogP) is 2.92. The third kappa shape index (κ3) is 2.78. The van der Waals surface area contributed by atoms with Crippen molar-refractivity contribution in [1.82, 2.24) is 4.98 Å². The van der Waals surface area contributed by atoms with Gasteiger partial charge in [0.1, 0.15) is 17.3 Å². The second-order valence-corrected chi connectivity index (χ2v) is 4.63. The molecule has 0 aliphatic heterocycles. The molecule has 21 heavy (non-hydrogen) atoms. The predicted molar refractivity (Wildman–Crippen MR) is 78.9 cm³/mol. The first kappa shape index (κ1) is 13.3. The van der Waals surface area contributed by atoms with Gasteiger partial charge in [0, 0.05) is 29.2 Å². The number of H-pyrrole nitrogens is 1. The number of aromatic amines is 1. The smallest absolute Gasteiger partial charge is 0.189 e. The maximum atomic E-state index is 12.8. The Morgan fingerprint density at radius 1 is 1.05 bits per heavy atom. The van der Waals surface area contributed by atoms with Crippen LogP contribution in [-0.2, 0) is 6.54 Å². The Labute approximate surface area is 120 Å². The zero-order chi connectivity index (χ0) is 14.8. The monoisotopic (exact) mass is 284 g/mol. The highest BCUT2D eigenvalue weighted by molar-refractivity contribution is 5.80. The van der Waals surface area contributed by atoms with E-state index in [-0.39, 0.29) is 17.8 Å². The molecule has 0 bridgehead atoms. The second kappa shape index (κ2) is 5.38. The van der Waals surface area contributed by atoms with Crippen LogP contribution in [0.3, 0.4) is 0 Å². The first-order valence-corrected chi connectivity index (χ1v) is 6.45. The van der Waals surface area contributed by atoms with E-state index < -0.39 is 0 Å². The van der Waals surface area contributed by atoms with E-state index in [1.54, 1.807) is 18.2 Å². The van der Waals surface area contributed by atoms with E-state index in [1.807, 2.05) is 0 Å². The molecule has 0 fully saturated rings. The summed E-state index contributed by atoms with van der Waals surface area (Å²) in [6, 6.07) is 12.3. The molecule has 4 nitrogen and oxygen atoms in total. The van der Waals surface area contributed by atoms with Crippen LogP contribution in [0.25, 0.3) is 10.9 Å². The van der Waals surface area contributed by atoms with Crippen LogP contribution in [0.15, 0.2) is 53.3 Å². The Bertz CT molecular complexity index is 841. The lowest BCUT2D eigenvalue weighted by molar-refractivity contribution is 0.481. The Morgan fingerprint density at radius 2 is 1.76 bits per heavy atom. The average Bonchev–Trinajstić information content (AvgIpc) is 2.50. The molecule has 5 heteroatoms. The highest BCUT2D eigenvalue weighted by atomic mass is 19.1. The first-order chi connectivity index (χ1) is 10.2. The van der Waals surface area contributed by atoms with Gasteiger partial charge in [-0.3, -0.25) is 4.79 Å². The molecule has 0 radical (unpaired) electrons. The van der Waals surface area contributed by atoms with Gasteiger partial charge in [-0.25, -0.2) is 4.39 Å². The fourth-order valence-electron chi connectivity index (χ4n) is 2.09. The summed E-state index contributed by atoms with van der Waals surface area (Å²) in [5, 5.41) is 0.520. The zero-order valence-electron chi connectivity index (χ0n) is 11.1. The molecule has 3 N–H and O–H groups in total. The van der Waals surface area contributed by atoms with Crippen molar-refractivity contribution in [3.63, 3.8) is 0 Å². The molecular formula is C16H13FN2O2. The van der Waals surface area contributed by atoms with Crippen molar-refractivity contribution in [3.05, 3.63) is 70.3 Å². The highest BCUT2D eigenvalue weighted by Crippen LogP contribution is 2.24. The van der Waals surface area contributed by atoms with Gasteiger partial charge in [-0.05, 0) is 42.5 Å². The van der Waals surface area contributed by atoms with E-state index in [1.165, 1.54) is 30.3 Å². The summed E-state index contributed by atoms with van der Waals surface area (Å²) in [4.78, 5) is 15.1. The van der Waals surface area contributed by atoms with Gasteiger partial charge in [0.2, 0.25) is 0 Å². The zero-order valence-corrected chi connectivity index (χ0v) is 11.1. The van der Waals surface area contributed by atoms with Crippen LogP contribution in [0.1, 0.15) is 5.69 Å². The lowest BCUT2D eigenvalue weighted by Crippen LogP contribution is -2.08. The van der Waals surface area contributed by atoms with E-state index in [0.717, 1.165) is 0 Å². The normalized spacial score (nSPS) is 10.8. The van der Waals surface area contributed by atoms with Crippen LogP contribution in [0, 0.1) is 5.82 Å². The molecule has 0 unspecified atom stereocenters. The molecule has 0 aliphatic rings. The van der Waals surface area contributed by atoms with E-state index in [9.17, 15) is 9.18 Å². The largest absolute Gasteiger partial charge is 0.457 e. The Kier molecular flexibility index (Phi) is 3.41. The molecule has 0 spiro atoms. The van der Waals surface area contributed by atoms with Crippen molar-refractivity contribution in [2.24, 2.45) is 5.73 Å². The van der Waals surface area contributed by atoms with Crippen molar-refractivity contribution in [2.45, 2.75) is 6.54 Å². The number of hydrogen-bond acceptors (Lipinski definition) is 3. The van der Waals surface area contributed by atoms with Crippen molar-refractivity contribution < 1.29 is 9.13 Å². The first-order valence-electron chi connectivity index (χ1n) is 6.45. The molecule has 0 atom stereocenters. The third-order valence-corrected chi connectivity index (χ3v) is 3.13. The quantitative estimate of drug-likeness (QED) is 0.777. The number of fused-ring (bicyclic) bond motifs is 1. The Hall–Kier alpha value is -2.66. The molecule has 2 aromatic carbocycles. The molecule has 0 saturated carbocycles. The summed E-state index contributed by atoms with van der Waals surface area (Å²) in [7, 11) is 0. The Morgan fingerprint density at radius 3 is 2.48 bits per heavy atom. The maximum Gasteiger partial charge on any atom is 0.189 e. The van der Waals surface area contributed by atoms with Crippen LogP contribution in [0.5, 0.6) is 11.5 Å². The van der Waals surface area contributed by atoms with Gasteiger partial charge in [0.25, 0.3) is 0 Å². The number of halogens is 1. The van der Waals surface area contributed by atoms with E-state index in [0.29, 0.717) is 28.1 Å². The number of ether oxygens (including phenoxy) is 1. The van der Waals surface area contributed by atoms with E-state index in [4.69, 9.17) is 10.5 Å². The minimum atomic E-state index is -0.327. The number of aromatic nitrogens is 1. The molecule has 1 aromatic heterocycles. The third-order valence-electron chi connectivity index (χ3n) is 3.13. The van der Waals surface area contributed by atoms with Crippen molar-refractivity contribution in [2.75, 3.05) is 0 Å². The summed E-state index contributed by atoms with van der Waals surface area (Å²) < 4.78 is 18.5. The van der Waals surface area contributed by atoms with Gasteiger partial charge < -0.3 is 15.5 Å². The van der Waals surface area contributed by atoms with Crippen molar-refractivity contribution in [3.8, 4) is 11.5 Å². The van der Waals surface area contributed by atoms with Gasteiger partial charge in [-0.15, -0.1) is 0 Å².